The highest BCUT2D eigenvalue weighted by Crippen LogP contribution is 2.35. The molecule has 128 valence electrons. The molecule has 1 saturated heterocycles. The Labute approximate surface area is 148 Å². The van der Waals surface area contributed by atoms with E-state index in [-0.39, 0.29) is 23.2 Å². The fourth-order valence-electron chi connectivity index (χ4n) is 2.32. The second-order valence-corrected chi connectivity index (χ2v) is 6.33. The van der Waals surface area contributed by atoms with Crippen LogP contribution in [0.5, 0.6) is 17.2 Å². The van der Waals surface area contributed by atoms with E-state index >= 15 is 0 Å². The lowest BCUT2D eigenvalue weighted by Gasteiger charge is -2.12. The van der Waals surface area contributed by atoms with Crippen LogP contribution in [-0.2, 0) is 4.79 Å². The van der Waals surface area contributed by atoms with Gasteiger partial charge in [-0.1, -0.05) is 12.1 Å². The van der Waals surface area contributed by atoms with E-state index in [4.69, 9.17) is 0 Å². The van der Waals surface area contributed by atoms with E-state index in [1.54, 1.807) is 35.2 Å². The smallest absolute Gasteiger partial charge is 0.266 e. The Bertz CT molecular complexity index is 892. The number of amides is 1. The van der Waals surface area contributed by atoms with Crippen LogP contribution in [0.1, 0.15) is 12.5 Å². The molecule has 1 heterocycles. The Morgan fingerprint density at radius 1 is 1.12 bits per heavy atom. The maximum absolute atomic E-state index is 12.6. The standard InChI is InChI=1S/C18H16N2O4S/c1-2-20-17(24)16(9-11-6-7-14(22)15(23)8-11)25-18(20)19-12-4-3-5-13(21)10-12/h3-10,21-23H,2H2,1H3/b16-9-,19-18?. The van der Waals surface area contributed by atoms with E-state index < -0.39 is 0 Å². The number of nitrogens with zero attached hydrogens (tertiary/aromatic N) is 2. The maximum Gasteiger partial charge on any atom is 0.266 e. The first kappa shape index (κ1) is 16.9. The lowest BCUT2D eigenvalue weighted by atomic mass is 10.2. The van der Waals surface area contributed by atoms with Crippen LogP contribution < -0.4 is 0 Å². The van der Waals surface area contributed by atoms with Gasteiger partial charge in [0.15, 0.2) is 16.7 Å². The van der Waals surface area contributed by atoms with Crippen LogP contribution in [0.2, 0.25) is 0 Å². The van der Waals surface area contributed by atoms with Gasteiger partial charge in [0, 0.05) is 12.6 Å². The lowest BCUT2D eigenvalue weighted by molar-refractivity contribution is -0.122. The first-order chi connectivity index (χ1) is 12.0. The van der Waals surface area contributed by atoms with Crippen molar-refractivity contribution >= 4 is 34.6 Å². The Hall–Kier alpha value is -2.93. The van der Waals surface area contributed by atoms with Crippen LogP contribution in [0.4, 0.5) is 5.69 Å². The predicted molar refractivity (Wildman–Crippen MR) is 97.9 cm³/mol. The van der Waals surface area contributed by atoms with Crippen molar-refractivity contribution < 1.29 is 20.1 Å². The summed E-state index contributed by atoms with van der Waals surface area (Å²) in [7, 11) is 0. The molecule has 3 rings (SSSR count). The van der Waals surface area contributed by atoms with Crippen LogP contribution in [-0.4, -0.2) is 37.8 Å². The maximum atomic E-state index is 12.6. The number of carbonyl (C=O) groups excluding carboxylic acids is 1. The molecule has 0 atom stereocenters. The van der Waals surface area contributed by atoms with Gasteiger partial charge in [-0.25, -0.2) is 4.99 Å². The zero-order valence-corrected chi connectivity index (χ0v) is 14.2. The van der Waals surface area contributed by atoms with Crippen molar-refractivity contribution in [1.29, 1.82) is 0 Å². The number of hydrogen-bond donors (Lipinski definition) is 3. The van der Waals surface area contributed by atoms with E-state index in [1.807, 2.05) is 6.92 Å². The van der Waals surface area contributed by atoms with E-state index in [0.29, 0.717) is 27.9 Å². The Balaban J connectivity index is 1.94. The third-order valence-electron chi connectivity index (χ3n) is 3.56. The van der Waals surface area contributed by atoms with E-state index in [9.17, 15) is 20.1 Å². The fourth-order valence-corrected chi connectivity index (χ4v) is 3.39. The van der Waals surface area contributed by atoms with Gasteiger partial charge in [-0.3, -0.25) is 9.69 Å². The van der Waals surface area contributed by atoms with Gasteiger partial charge < -0.3 is 15.3 Å². The van der Waals surface area contributed by atoms with Gasteiger partial charge in [-0.05, 0) is 54.6 Å². The van der Waals surface area contributed by atoms with Gasteiger partial charge in [0.2, 0.25) is 0 Å². The third-order valence-corrected chi connectivity index (χ3v) is 4.56. The van der Waals surface area contributed by atoms with Crippen molar-refractivity contribution in [2.45, 2.75) is 6.92 Å². The second-order valence-electron chi connectivity index (χ2n) is 5.32. The Kier molecular flexibility index (Phi) is 4.67. The van der Waals surface area contributed by atoms with Crippen LogP contribution >= 0.6 is 11.8 Å². The average Bonchev–Trinajstić information content (AvgIpc) is 2.86. The highest BCUT2D eigenvalue weighted by atomic mass is 32.2. The molecule has 0 aliphatic carbocycles. The van der Waals surface area contributed by atoms with Crippen molar-refractivity contribution in [1.82, 2.24) is 4.90 Å². The summed E-state index contributed by atoms with van der Waals surface area (Å²) in [5, 5.41) is 29.0. The average molecular weight is 356 g/mol. The zero-order valence-electron chi connectivity index (χ0n) is 13.4. The molecule has 0 spiro atoms. The molecule has 1 aliphatic heterocycles. The normalized spacial score (nSPS) is 17.6. The number of thioether (sulfide) groups is 1. The van der Waals surface area contributed by atoms with Crippen molar-refractivity contribution in [3.63, 3.8) is 0 Å². The molecule has 0 bridgehead atoms. The molecule has 1 aliphatic rings. The summed E-state index contributed by atoms with van der Waals surface area (Å²) in [6.07, 6.45) is 1.64. The first-order valence-electron chi connectivity index (χ1n) is 7.59. The van der Waals surface area contributed by atoms with Gasteiger partial charge in [0.25, 0.3) is 5.91 Å². The number of phenolic OH excluding ortho intramolecular Hbond substituents is 3. The van der Waals surface area contributed by atoms with Gasteiger partial charge in [-0.2, -0.15) is 0 Å². The van der Waals surface area contributed by atoms with Crippen molar-refractivity contribution in [3.05, 3.63) is 52.9 Å². The summed E-state index contributed by atoms with van der Waals surface area (Å²) >= 11 is 1.22. The van der Waals surface area contributed by atoms with Crippen LogP contribution in [0.25, 0.3) is 6.08 Å². The van der Waals surface area contributed by atoms with Gasteiger partial charge in [0.1, 0.15) is 5.75 Å². The molecule has 0 aromatic heterocycles. The fraction of sp³-hybridized carbons (Fsp3) is 0.111. The Morgan fingerprint density at radius 2 is 1.92 bits per heavy atom. The molecule has 3 N–H and O–H groups in total. The molecule has 2 aromatic carbocycles. The molecule has 7 heteroatoms. The summed E-state index contributed by atoms with van der Waals surface area (Å²) in [6, 6.07) is 10.9. The summed E-state index contributed by atoms with van der Waals surface area (Å²) in [4.78, 5) is 19.0. The number of benzene rings is 2. The number of rotatable bonds is 3. The van der Waals surface area contributed by atoms with Crippen LogP contribution in [0, 0.1) is 0 Å². The minimum atomic E-state index is -0.245. The van der Waals surface area contributed by atoms with E-state index in [2.05, 4.69) is 4.99 Å². The SMILES string of the molecule is CCN1C(=O)/C(=C/c2ccc(O)c(O)c2)SC1=Nc1cccc(O)c1. The predicted octanol–water partition coefficient (Wildman–Crippen LogP) is 3.43. The second kappa shape index (κ2) is 6.90. The molecule has 0 radical (unpaired) electrons. The molecule has 0 saturated carbocycles. The van der Waals surface area contributed by atoms with Crippen LogP contribution in [0.15, 0.2) is 52.4 Å². The van der Waals surface area contributed by atoms with Crippen molar-refractivity contribution in [3.8, 4) is 17.2 Å². The molecule has 1 amide bonds. The highest BCUT2D eigenvalue weighted by Gasteiger charge is 2.32. The van der Waals surface area contributed by atoms with Gasteiger partial charge in [-0.15, -0.1) is 0 Å². The van der Waals surface area contributed by atoms with Gasteiger partial charge in [0.05, 0.1) is 10.6 Å². The highest BCUT2D eigenvalue weighted by molar-refractivity contribution is 8.18. The number of aromatic hydroxyl groups is 3. The number of carbonyl (C=O) groups is 1. The number of amidine groups is 1. The van der Waals surface area contributed by atoms with Crippen LogP contribution in [0.3, 0.4) is 0 Å². The topological polar surface area (TPSA) is 93.4 Å². The summed E-state index contributed by atoms with van der Waals surface area (Å²) in [6.45, 7) is 2.31. The first-order valence-corrected chi connectivity index (χ1v) is 8.40. The molecule has 1 fully saturated rings. The summed E-state index contributed by atoms with van der Waals surface area (Å²) in [5.41, 5.74) is 1.15. The molecule has 0 unspecified atom stereocenters. The monoisotopic (exact) mass is 356 g/mol. The minimum Gasteiger partial charge on any atom is -0.508 e. The van der Waals surface area contributed by atoms with E-state index in [1.165, 1.54) is 30.0 Å². The molecular weight excluding hydrogens is 340 g/mol. The molecule has 25 heavy (non-hydrogen) atoms. The van der Waals surface area contributed by atoms with Gasteiger partial charge >= 0.3 is 0 Å². The summed E-state index contributed by atoms with van der Waals surface area (Å²) < 4.78 is 0. The quantitative estimate of drug-likeness (QED) is 0.579. The zero-order chi connectivity index (χ0) is 18.0. The molecule has 2 aromatic rings. The number of aliphatic imine (C=N–C) groups is 1. The minimum absolute atomic E-state index is 0.106. The molecular formula is C18H16N2O4S. The molecule has 6 nitrogen and oxygen atoms in total. The Morgan fingerprint density at radius 3 is 2.60 bits per heavy atom. The van der Waals surface area contributed by atoms with E-state index in [0.717, 1.165) is 0 Å². The van der Waals surface area contributed by atoms with Crippen molar-refractivity contribution in [2.75, 3.05) is 6.54 Å². The largest absolute Gasteiger partial charge is 0.508 e. The lowest BCUT2D eigenvalue weighted by Crippen LogP contribution is -2.28. The van der Waals surface area contributed by atoms with Crippen molar-refractivity contribution in [2.24, 2.45) is 4.99 Å². The summed E-state index contributed by atoms with van der Waals surface area (Å²) in [5.74, 6) is -0.534. The third kappa shape index (κ3) is 3.61. The number of likely N-dealkylation sites (N-methyl/N-ethyl adjacent to an activating group) is 1. The number of hydrogen-bond acceptors (Lipinski definition) is 6. The number of phenols is 3.